The zero-order valence-electron chi connectivity index (χ0n) is 12.7. The summed E-state index contributed by atoms with van der Waals surface area (Å²) >= 11 is 0. The number of benzene rings is 1. The van der Waals surface area contributed by atoms with Crippen molar-refractivity contribution < 1.29 is 18.3 Å². The Morgan fingerprint density at radius 1 is 1.24 bits per heavy atom. The van der Waals surface area contributed by atoms with Gasteiger partial charge in [0.25, 0.3) is 0 Å². The average Bonchev–Trinajstić information content (AvgIpc) is 2.37. The van der Waals surface area contributed by atoms with Gasteiger partial charge in [0.2, 0.25) is 10.0 Å². The van der Waals surface area contributed by atoms with Crippen LogP contribution in [0.3, 0.4) is 0 Å². The molecule has 0 spiro atoms. The predicted molar refractivity (Wildman–Crippen MR) is 82.7 cm³/mol. The molecule has 6 heteroatoms. The van der Waals surface area contributed by atoms with Gasteiger partial charge in [-0.25, -0.2) is 17.9 Å². The van der Waals surface area contributed by atoms with E-state index in [4.69, 9.17) is 5.11 Å². The zero-order valence-corrected chi connectivity index (χ0v) is 13.5. The molecule has 0 heterocycles. The Labute approximate surface area is 126 Å². The molecule has 0 aliphatic heterocycles. The fourth-order valence-corrected chi connectivity index (χ4v) is 3.55. The van der Waals surface area contributed by atoms with Crippen LogP contribution in [-0.2, 0) is 15.8 Å². The molecular formula is C15H23NO4S. The monoisotopic (exact) mass is 313 g/mol. The minimum absolute atomic E-state index is 0.108. The first kappa shape index (κ1) is 17.7. The van der Waals surface area contributed by atoms with Gasteiger partial charge in [-0.15, -0.1) is 0 Å². The number of nitrogens with one attached hydrogen (secondary N) is 1. The van der Waals surface area contributed by atoms with E-state index in [2.05, 4.69) is 18.6 Å². The molecule has 0 aromatic heterocycles. The van der Waals surface area contributed by atoms with Gasteiger partial charge in [-0.1, -0.05) is 32.4 Å². The minimum Gasteiger partial charge on any atom is -0.478 e. The van der Waals surface area contributed by atoms with Gasteiger partial charge < -0.3 is 5.11 Å². The van der Waals surface area contributed by atoms with E-state index in [-0.39, 0.29) is 17.4 Å². The Balaban J connectivity index is 2.65. The second-order valence-electron chi connectivity index (χ2n) is 5.53. The number of carboxylic acid groups (broad SMARTS) is 1. The molecule has 1 rings (SSSR count). The molecule has 0 saturated carbocycles. The van der Waals surface area contributed by atoms with Crippen LogP contribution in [0.1, 0.15) is 49.5 Å². The number of carbonyl (C=O) groups is 1. The molecule has 0 bridgehead atoms. The highest BCUT2D eigenvalue weighted by Crippen LogP contribution is 2.12. The molecule has 0 fully saturated rings. The van der Waals surface area contributed by atoms with Crippen molar-refractivity contribution in [3.05, 3.63) is 35.4 Å². The first-order valence-electron chi connectivity index (χ1n) is 7.05. The van der Waals surface area contributed by atoms with Crippen molar-refractivity contribution in [2.75, 3.05) is 0 Å². The zero-order chi connectivity index (χ0) is 16.0. The van der Waals surface area contributed by atoms with Gasteiger partial charge in [0.15, 0.2) is 0 Å². The Kier molecular flexibility index (Phi) is 6.36. The third-order valence-corrected chi connectivity index (χ3v) is 4.87. The Morgan fingerprint density at radius 3 is 2.29 bits per heavy atom. The molecular weight excluding hydrogens is 290 g/mol. The van der Waals surface area contributed by atoms with Crippen molar-refractivity contribution in [1.29, 1.82) is 0 Å². The summed E-state index contributed by atoms with van der Waals surface area (Å²) in [6, 6.07) is 5.78. The van der Waals surface area contributed by atoms with Crippen LogP contribution in [0.25, 0.3) is 0 Å². The lowest BCUT2D eigenvalue weighted by Gasteiger charge is -2.17. The summed E-state index contributed by atoms with van der Waals surface area (Å²) in [6.45, 7) is 6.03. The highest BCUT2D eigenvalue weighted by molar-refractivity contribution is 7.88. The molecule has 0 amide bonds. The van der Waals surface area contributed by atoms with Crippen LogP contribution >= 0.6 is 0 Å². The van der Waals surface area contributed by atoms with Crippen molar-refractivity contribution in [1.82, 2.24) is 4.72 Å². The summed E-state index contributed by atoms with van der Waals surface area (Å²) in [4.78, 5) is 10.7. The van der Waals surface area contributed by atoms with Crippen LogP contribution in [0.15, 0.2) is 24.3 Å². The van der Waals surface area contributed by atoms with E-state index in [0.29, 0.717) is 11.5 Å². The third-order valence-electron chi connectivity index (χ3n) is 3.39. The fraction of sp³-hybridized carbons (Fsp3) is 0.533. The first-order valence-corrected chi connectivity index (χ1v) is 8.71. The van der Waals surface area contributed by atoms with Gasteiger partial charge in [0, 0.05) is 6.04 Å². The maximum absolute atomic E-state index is 12.1. The molecule has 1 aromatic rings. The predicted octanol–water partition coefficient (Wildman–Crippen LogP) is 2.63. The normalized spacial score (nSPS) is 14.6. The van der Waals surface area contributed by atoms with Gasteiger partial charge in [0.05, 0.1) is 11.3 Å². The summed E-state index contributed by atoms with van der Waals surface area (Å²) in [5.41, 5.74) is 0.720. The molecule has 0 aliphatic rings. The number of aromatic carboxylic acids is 1. The number of hydrogen-bond donors (Lipinski definition) is 2. The second-order valence-corrected chi connectivity index (χ2v) is 7.28. The van der Waals surface area contributed by atoms with Gasteiger partial charge >= 0.3 is 5.97 Å². The van der Waals surface area contributed by atoms with Gasteiger partial charge in [0.1, 0.15) is 0 Å². The van der Waals surface area contributed by atoms with Crippen molar-refractivity contribution in [2.24, 2.45) is 5.92 Å². The number of sulfonamides is 1. The third kappa shape index (κ3) is 6.27. The second kappa shape index (κ2) is 7.56. The maximum atomic E-state index is 12.1. The topological polar surface area (TPSA) is 83.5 Å². The quantitative estimate of drug-likeness (QED) is 0.773. The number of carboxylic acids is 1. The molecule has 0 saturated heterocycles. The SMILES string of the molecule is CCC(C)CC(C)NS(=O)(=O)Cc1ccc(C(=O)O)cc1. The van der Waals surface area contributed by atoms with E-state index in [1.807, 2.05) is 6.92 Å². The van der Waals surface area contributed by atoms with Crippen LogP contribution < -0.4 is 4.72 Å². The minimum atomic E-state index is -3.42. The molecule has 2 atom stereocenters. The highest BCUT2D eigenvalue weighted by atomic mass is 32.2. The highest BCUT2D eigenvalue weighted by Gasteiger charge is 2.17. The summed E-state index contributed by atoms with van der Waals surface area (Å²) in [5, 5.41) is 8.80. The number of rotatable bonds is 8. The molecule has 2 N–H and O–H groups in total. The molecule has 118 valence electrons. The van der Waals surface area contributed by atoms with Crippen LogP contribution in [0.5, 0.6) is 0 Å². The van der Waals surface area contributed by atoms with Gasteiger partial charge in [-0.05, 0) is 37.0 Å². The lowest BCUT2D eigenvalue weighted by Crippen LogP contribution is -2.34. The van der Waals surface area contributed by atoms with E-state index < -0.39 is 16.0 Å². The van der Waals surface area contributed by atoms with E-state index in [0.717, 1.165) is 12.8 Å². The Morgan fingerprint density at radius 2 is 1.81 bits per heavy atom. The molecule has 0 aliphatic carbocycles. The standard InChI is InChI=1S/C15H23NO4S/c1-4-11(2)9-12(3)16-21(19,20)10-13-5-7-14(8-6-13)15(17)18/h5-8,11-12,16H,4,9-10H2,1-3H3,(H,17,18). The molecule has 5 nitrogen and oxygen atoms in total. The fourth-order valence-electron chi connectivity index (χ4n) is 2.13. The lowest BCUT2D eigenvalue weighted by molar-refractivity contribution is 0.0697. The summed E-state index contributed by atoms with van der Waals surface area (Å²) in [6.07, 6.45) is 1.82. The summed E-state index contributed by atoms with van der Waals surface area (Å²) in [5.74, 6) is -0.695. The Hall–Kier alpha value is -1.40. The van der Waals surface area contributed by atoms with Crippen molar-refractivity contribution >= 4 is 16.0 Å². The molecule has 0 radical (unpaired) electrons. The van der Waals surface area contributed by atoms with Crippen molar-refractivity contribution in [3.63, 3.8) is 0 Å². The van der Waals surface area contributed by atoms with Crippen molar-refractivity contribution in [3.8, 4) is 0 Å². The Bertz CT molecular complexity index is 566. The molecule has 21 heavy (non-hydrogen) atoms. The summed E-state index contributed by atoms with van der Waals surface area (Å²) in [7, 11) is -3.42. The maximum Gasteiger partial charge on any atom is 0.335 e. The average molecular weight is 313 g/mol. The summed E-state index contributed by atoms with van der Waals surface area (Å²) < 4.78 is 26.8. The van der Waals surface area contributed by atoms with Crippen LogP contribution in [0, 0.1) is 5.92 Å². The van der Waals surface area contributed by atoms with E-state index in [9.17, 15) is 13.2 Å². The van der Waals surface area contributed by atoms with E-state index >= 15 is 0 Å². The van der Waals surface area contributed by atoms with Crippen LogP contribution in [-0.4, -0.2) is 25.5 Å². The van der Waals surface area contributed by atoms with E-state index in [1.165, 1.54) is 24.3 Å². The van der Waals surface area contributed by atoms with Crippen LogP contribution in [0.4, 0.5) is 0 Å². The van der Waals surface area contributed by atoms with E-state index in [1.54, 1.807) is 0 Å². The molecule has 2 unspecified atom stereocenters. The lowest BCUT2D eigenvalue weighted by atomic mass is 10.0. The van der Waals surface area contributed by atoms with Gasteiger partial charge in [-0.2, -0.15) is 0 Å². The van der Waals surface area contributed by atoms with Crippen LogP contribution in [0.2, 0.25) is 0 Å². The number of hydrogen-bond acceptors (Lipinski definition) is 3. The molecule has 1 aromatic carbocycles. The first-order chi connectivity index (χ1) is 9.73. The smallest absolute Gasteiger partial charge is 0.335 e. The van der Waals surface area contributed by atoms with Crippen molar-refractivity contribution in [2.45, 2.75) is 45.4 Å². The largest absolute Gasteiger partial charge is 0.478 e. The van der Waals surface area contributed by atoms with Gasteiger partial charge in [-0.3, -0.25) is 0 Å².